The first kappa shape index (κ1) is 13.0. The number of hydrogen-bond acceptors (Lipinski definition) is 3. The molecule has 96 valence electrons. The average molecular weight is 254 g/mol. The van der Waals surface area contributed by atoms with Crippen LogP contribution in [0.25, 0.3) is 0 Å². The fraction of sp³-hybridized carbons (Fsp3) is 0.133. The lowest BCUT2D eigenvalue weighted by atomic mass is 10.0. The van der Waals surface area contributed by atoms with E-state index in [4.69, 9.17) is 0 Å². The zero-order valence-electron chi connectivity index (χ0n) is 10.8. The molecule has 4 heteroatoms. The third-order valence-corrected chi connectivity index (χ3v) is 2.93. The minimum Gasteiger partial charge on any atom is -0.289 e. The van der Waals surface area contributed by atoms with E-state index in [0.717, 1.165) is 10.6 Å². The van der Waals surface area contributed by atoms with Gasteiger partial charge in [-0.1, -0.05) is 42.0 Å². The third kappa shape index (κ3) is 2.68. The summed E-state index contributed by atoms with van der Waals surface area (Å²) >= 11 is 0. The summed E-state index contributed by atoms with van der Waals surface area (Å²) in [6.07, 6.45) is 0. The van der Waals surface area contributed by atoms with Gasteiger partial charge < -0.3 is 0 Å². The van der Waals surface area contributed by atoms with Gasteiger partial charge in [-0.2, -0.15) is 0 Å². The van der Waals surface area contributed by atoms with E-state index in [2.05, 4.69) is 5.29 Å². The molecule has 4 nitrogen and oxygen atoms in total. The Morgan fingerprint density at radius 1 is 1.05 bits per heavy atom. The SMILES string of the molecule is Cc1ccc(C(=O)c2ccccc2N(C)N=O)cc1. The molecule has 0 atom stereocenters. The van der Waals surface area contributed by atoms with Gasteiger partial charge in [0.2, 0.25) is 0 Å². The van der Waals surface area contributed by atoms with Gasteiger partial charge in [0, 0.05) is 18.2 Å². The summed E-state index contributed by atoms with van der Waals surface area (Å²) < 4.78 is 0. The number of hydrogen-bond donors (Lipinski definition) is 0. The summed E-state index contributed by atoms with van der Waals surface area (Å²) in [5.41, 5.74) is 2.66. The molecule has 0 saturated carbocycles. The van der Waals surface area contributed by atoms with Gasteiger partial charge in [-0.3, -0.25) is 4.79 Å². The molecule has 0 aliphatic heterocycles. The van der Waals surface area contributed by atoms with Crippen LogP contribution in [-0.2, 0) is 0 Å². The van der Waals surface area contributed by atoms with Gasteiger partial charge in [0.1, 0.15) is 0 Å². The van der Waals surface area contributed by atoms with Crippen LogP contribution in [0.5, 0.6) is 0 Å². The number of carbonyl (C=O) groups is 1. The Labute approximate surface area is 111 Å². The molecule has 0 spiro atoms. The Bertz CT molecular complexity index is 606. The largest absolute Gasteiger partial charge is 0.289 e. The molecule has 2 rings (SSSR count). The van der Waals surface area contributed by atoms with Crippen molar-refractivity contribution in [2.45, 2.75) is 6.92 Å². The van der Waals surface area contributed by atoms with E-state index in [1.165, 1.54) is 7.05 Å². The number of nitrogens with zero attached hydrogens (tertiary/aromatic N) is 2. The number of anilines is 1. The van der Waals surface area contributed by atoms with E-state index in [1.807, 2.05) is 19.1 Å². The number of rotatable bonds is 4. The molecular formula is C15H14N2O2. The highest BCUT2D eigenvalue weighted by Gasteiger charge is 2.15. The molecule has 0 N–H and O–H groups in total. The predicted molar refractivity (Wildman–Crippen MR) is 75.3 cm³/mol. The molecule has 19 heavy (non-hydrogen) atoms. The Morgan fingerprint density at radius 2 is 1.68 bits per heavy atom. The highest BCUT2D eigenvalue weighted by Crippen LogP contribution is 2.22. The van der Waals surface area contributed by atoms with Crippen LogP contribution >= 0.6 is 0 Å². The number of benzene rings is 2. The third-order valence-electron chi connectivity index (χ3n) is 2.93. The fourth-order valence-corrected chi connectivity index (χ4v) is 1.85. The number of ketones is 1. The summed E-state index contributed by atoms with van der Waals surface area (Å²) in [7, 11) is 1.52. The first-order valence-corrected chi connectivity index (χ1v) is 5.91. The fourth-order valence-electron chi connectivity index (χ4n) is 1.85. The molecule has 0 unspecified atom stereocenters. The van der Waals surface area contributed by atoms with Crippen LogP contribution in [0, 0.1) is 11.8 Å². The van der Waals surface area contributed by atoms with Crippen molar-refractivity contribution in [2.24, 2.45) is 5.29 Å². The van der Waals surface area contributed by atoms with Gasteiger partial charge in [0.25, 0.3) is 0 Å². The van der Waals surface area contributed by atoms with Crippen molar-refractivity contribution in [3.05, 3.63) is 70.1 Å². The molecule has 0 aliphatic carbocycles. The standard InChI is InChI=1S/C15H14N2O2/c1-11-7-9-12(10-8-11)15(18)13-5-3-4-6-14(13)17(2)16-19/h3-10H,1-2H3. The topological polar surface area (TPSA) is 49.7 Å². The summed E-state index contributed by atoms with van der Waals surface area (Å²) in [4.78, 5) is 23.1. The molecule has 0 heterocycles. The van der Waals surface area contributed by atoms with Crippen LogP contribution in [0.4, 0.5) is 5.69 Å². The molecule has 0 aromatic heterocycles. The van der Waals surface area contributed by atoms with E-state index in [1.54, 1.807) is 36.4 Å². The number of nitroso groups, excluding NO2 is 1. The molecule has 0 bridgehead atoms. The van der Waals surface area contributed by atoms with Crippen molar-refractivity contribution in [3.63, 3.8) is 0 Å². The Morgan fingerprint density at radius 3 is 2.32 bits per heavy atom. The molecule has 0 radical (unpaired) electrons. The molecule has 0 amide bonds. The monoisotopic (exact) mass is 254 g/mol. The molecule has 2 aromatic rings. The lowest BCUT2D eigenvalue weighted by Crippen LogP contribution is -2.13. The Kier molecular flexibility index (Phi) is 3.71. The molecule has 0 aliphatic rings. The van der Waals surface area contributed by atoms with Crippen LogP contribution in [-0.4, -0.2) is 12.8 Å². The zero-order valence-corrected chi connectivity index (χ0v) is 10.8. The van der Waals surface area contributed by atoms with E-state index in [9.17, 15) is 9.70 Å². The number of para-hydroxylation sites is 1. The van der Waals surface area contributed by atoms with Gasteiger partial charge in [-0.15, -0.1) is 4.91 Å². The normalized spacial score (nSPS) is 10.0. The van der Waals surface area contributed by atoms with E-state index in [0.29, 0.717) is 16.8 Å². The van der Waals surface area contributed by atoms with Gasteiger partial charge in [0.05, 0.1) is 11.0 Å². The van der Waals surface area contributed by atoms with Crippen molar-refractivity contribution in [3.8, 4) is 0 Å². The molecular weight excluding hydrogens is 240 g/mol. The van der Waals surface area contributed by atoms with Gasteiger partial charge in [-0.05, 0) is 19.1 Å². The van der Waals surface area contributed by atoms with E-state index in [-0.39, 0.29) is 5.78 Å². The maximum Gasteiger partial charge on any atom is 0.195 e. The highest BCUT2D eigenvalue weighted by molar-refractivity contribution is 6.12. The minimum absolute atomic E-state index is 0.119. The Balaban J connectivity index is 2.44. The number of aryl methyl sites for hydroxylation is 1. The van der Waals surface area contributed by atoms with Crippen molar-refractivity contribution in [1.29, 1.82) is 0 Å². The maximum atomic E-state index is 12.4. The summed E-state index contributed by atoms with van der Waals surface area (Å²) in [5, 5.41) is 3.99. The Hall–Kier alpha value is -2.49. The second-order valence-electron chi connectivity index (χ2n) is 4.32. The highest BCUT2D eigenvalue weighted by atomic mass is 16.3. The van der Waals surface area contributed by atoms with Crippen LogP contribution < -0.4 is 5.01 Å². The predicted octanol–water partition coefficient (Wildman–Crippen LogP) is 3.34. The lowest BCUT2D eigenvalue weighted by Gasteiger charge is -2.13. The maximum absolute atomic E-state index is 12.4. The van der Waals surface area contributed by atoms with Crippen molar-refractivity contribution < 1.29 is 4.79 Å². The lowest BCUT2D eigenvalue weighted by molar-refractivity contribution is 0.103. The van der Waals surface area contributed by atoms with Crippen molar-refractivity contribution >= 4 is 11.5 Å². The second kappa shape index (κ2) is 5.44. The molecule has 0 saturated heterocycles. The van der Waals surface area contributed by atoms with Crippen molar-refractivity contribution in [1.82, 2.24) is 0 Å². The first-order chi connectivity index (χ1) is 9.13. The van der Waals surface area contributed by atoms with Crippen molar-refractivity contribution in [2.75, 3.05) is 12.1 Å². The number of carbonyl (C=O) groups excluding carboxylic acids is 1. The van der Waals surface area contributed by atoms with Crippen LogP contribution in [0.15, 0.2) is 53.8 Å². The van der Waals surface area contributed by atoms with Gasteiger partial charge >= 0.3 is 0 Å². The molecule has 0 fully saturated rings. The second-order valence-corrected chi connectivity index (χ2v) is 4.32. The minimum atomic E-state index is -0.119. The first-order valence-electron chi connectivity index (χ1n) is 5.91. The van der Waals surface area contributed by atoms with Crippen LogP contribution in [0.2, 0.25) is 0 Å². The van der Waals surface area contributed by atoms with Crippen LogP contribution in [0.3, 0.4) is 0 Å². The van der Waals surface area contributed by atoms with Gasteiger partial charge in [0.15, 0.2) is 5.78 Å². The molecule has 2 aromatic carbocycles. The van der Waals surface area contributed by atoms with Gasteiger partial charge in [-0.25, -0.2) is 5.01 Å². The smallest absolute Gasteiger partial charge is 0.195 e. The zero-order chi connectivity index (χ0) is 13.8. The van der Waals surface area contributed by atoms with E-state index < -0.39 is 0 Å². The van der Waals surface area contributed by atoms with Crippen LogP contribution in [0.1, 0.15) is 21.5 Å². The summed E-state index contributed by atoms with van der Waals surface area (Å²) in [6.45, 7) is 1.96. The summed E-state index contributed by atoms with van der Waals surface area (Å²) in [6, 6.07) is 14.3. The van der Waals surface area contributed by atoms with E-state index >= 15 is 0 Å². The summed E-state index contributed by atoms with van der Waals surface area (Å²) in [5.74, 6) is -0.119. The quantitative estimate of drug-likeness (QED) is 0.477. The average Bonchev–Trinajstić information content (AvgIpc) is 2.46.